The molecule has 1 amide bonds. The van der Waals surface area contributed by atoms with Gasteiger partial charge >= 0.3 is 0 Å². The highest BCUT2D eigenvalue weighted by Gasteiger charge is 2.41. The van der Waals surface area contributed by atoms with Crippen molar-refractivity contribution in [2.24, 2.45) is 5.41 Å². The van der Waals surface area contributed by atoms with Crippen LogP contribution in [0.15, 0.2) is 18.2 Å². The molecule has 3 rings (SSSR count). The molecule has 0 aromatic heterocycles. The second-order valence-corrected chi connectivity index (χ2v) is 5.45. The SMILES string of the molecule is Nc1ccc2c(c1)NC(=O)C1(CCCCC1)CN2. The van der Waals surface area contributed by atoms with Gasteiger partial charge in [0, 0.05) is 12.2 Å². The van der Waals surface area contributed by atoms with Crippen molar-refractivity contribution in [1.29, 1.82) is 0 Å². The number of hydrogen-bond acceptors (Lipinski definition) is 3. The average molecular weight is 245 g/mol. The molecule has 0 unspecified atom stereocenters. The predicted molar refractivity (Wildman–Crippen MR) is 73.5 cm³/mol. The number of fused-ring (bicyclic) bond motifs is 1. The third-order valence-electron chi connectivity index (χ3n) is 4.20. The van der Waals surface area contributed by atoms with Crippen molar-refractivity contribution in [3.63, 3.8) is 0 Å². The van der Waals surface area contributed by atoms with Crippen LogP contribution in [0.2, 0.25) is 0 Å². The molecule has 1 spiro atoms. The summed E-state index contributed by atoms with van der Waals surface area (Å²) in [7, 11) is 0. The van der Waals surface area contributed by atoms with Crippen molar-refractivity contribution in [2.45, 2.75) is 32.1 Å². The van der Waals surface area contributed by atoms with Crippen molar-refractivity contribution >= 4 is 23.0 Å². The normalized spacial score (nSPS) is 21.7. The van der Waals surface area contributed by atoms with E-state index in [1.165, 1.54) is 6.42 Å². The number of nitrogen functional groups attached to an aromatic ring is 1. The fraction of sp³-hybridized carbons (Fsp3) is 0.500. The minimum Gasteiger partial charge on any atom is -0.399 e. The largest absolute Gasteiger partial charge is 0.399 e. The number of benzene rings is 1. The van der Waals surface area contributed by atoms with E-state index in [1.807, 2.05) is 18.2 Å². The first-order valence-corrected chi connectivity index (χ1v) is 6.65. The second kappa shape index (κ2) is 4.19. The smallest absolute Gasteiger partial charge is 0.232 e. The maximum Gasteiger partial charge on any atom is 0.232 e. The molecule has 4 N–H and O–H groups in total. The van der Waals surface area contributed by atoms with Crippen LogP contribution in [0.3, 0.4) is 0 Å². The molecule has 96 valence electrons. The summed E-state index contributed by atoms with van der Waals surface area (Å²) >= 11 is 0. The lowest BCUT2D eigenvalue weighted by molar-refractivity contribution is -0.126. The van der Waals surface area contributed by atoms with Gasteiger partial charge in [0.15, 0.2) is 0 Å². The molecule has 0 saturated heterocycles. The van der Waals surface area contributed by atoms with Crippen LogP contribution in [0.1, 0.15) is 32.1 Å². The Hall–Kier alpha value is -1.71. The molecule has 1 fully saturated rings. The number of carbonyl (C=O) groups excluding carboxylic acids is 1. The second-order valence-electron chi connectivity index (χ2n) is 5.45. The summed E-state index contributed by atoms with van der Waals surface area (Å²) in [6.45, 7) is 0.732. The molecule has 1 saturated carbocycles. The van der Waals surface area contributed by atoms with Crippen LogP contribution in [-0.4, -0.2) is 12.5 Å². The molecule has 2 aliphatic rings. The Morgan fingerprint density at radius 2 is 1.89 bits per heavy atom. The van der Waals surface area contributed by atoms with E-state index in [2.05, 4.69) is 10.6 Å². The van der Waals surface area contributed by atoms with Gasteiger partial charge in [0.1, 0.15) is 0 Å². The molecule has 1 aliphatic carbocycles. The van der Waals surface area contributed by atoms with Crippen LogP contribution < -0.4 is 16.4 Å². The van der Waals surface area contributed by atoms with Crippen LogP contribution in [0.5, 0.6) is 0 Å². The fourth-order valence-corrected chi connectivity index (χ4v) is 3.05. The van der Waals surface area contributed by atoms with Crippen LogP contribution in [0.25, 0.3) is 0 Å². The number of nitrogens with two attached hydrogens (primary N) is 1. The number of carbonyl (C=O) groups is 1. The minimum absolute atomic E-state index is 0.152. The van der Waals surface area contributed by atoms with E-state index in [4.69, 9.17) is 5.73 Å². The van der Waals surface area contributed by atoms with Crippen molar-refractivity contribution in [2.75, 3.05) is 22.9 Å². The molecule has 0 atom stereocenters. The molecule has 0 radical (unpaired) electrons. The number of rotatable bonds is 0. The Kier molecular flexibility index (Phi) is 2.65. The predicted octanol–water partition coefficient (Wildman–Crippen LogP) is 2.58. The molecule has 18 heavy (non-hydrogen) atoms. The van der Waals surface area contributed by atoms with Gasteiger partial charge in [-0.1, -0.05) is 19.3 Å². The van der Waals surface area contributed by atoms with Gasteiger partial charge in [-0.2, -0.15) is 0 Å². The topological polar surface area (TPSA) is 67.1 Å². The van der Waals surface area contributed by atoms with Gasteiger partial charge in [-0.3, -0.25) is 4.79 Å². The minimum atomic E-state index is -0.230. The van der Waals surface area contributed by atoms with Gasteiger partial charge in [-0.05, 0) is 31.0 Å². The molecule has 1 aromatic carbocycles. The first kappa shape index (κ1) is 11.4. The zero-order chi connectivity index (χ0) is 12.6. The maximum atomic E-state index is 12.5. The Labute approximate surface area is 107 Å². The standard InChI is InChI=1S/C14H19N3O/c15-10-4-5-11-12(8-10)17-13(18)14(9-16-11)6-2-1-3-7-14/h4-5,8,16H,1-3,6-7,9,15H2,(H,17,18). The summed E-state index contributed by atoms with van der Waals surface area (Å²) in [5.74, 6) is 0.152. The molecule has 0 bridgehead atoms. The zero-order valence-electron chi connectivity index (χ0n) is 10.5. The summed E-state index contributed by atoms with van der Waals surface area (Å²) in [4.78, 5) is 12.5. The average Bonchev–Trinajstić information content (AvgIpc) is 2.50. The summed E-state index contributed by atoms with van der Waals surface area (Å²) < 4.78 is 0. The van der Waals surface area contributed by atoms with Crippen molar-refractivity contribution < 1.29 is 4.79 Å². The number of amides is 1. The maximum absolute atomic E-state index is 12.5. The summed E-state index contributed by atoms with van der Waals surface area (Å²) in [6.07, 6.45) is 5.50. The van der Waals surface area contributed by atoms with Crippen molar-refractivity contribution in [3.8, 4) is 0 Å². The lowest BCUT2D eigenvalue weighted by Gasteiger charge is -2.34. The van der Waals surface area contributed by atoms with E-state index in [-0.39, 0.29) is 11.3 Å². The van der Waals surface area contributed by atoms with E-state index >= 15 is 0 Å². The Morgan fingerprint density at radius 3 is 2.67 bits per heavy atom. The molecule has 1 aliphatic heterocycles. The van der Waals surface area contributed by atoms with E-state index < -0.39 is 0 Å². The summed E-state index contributed by atoms with van der Waals surface area (Å²) in [5, 5.41) is 6.45. The van der Waals surface area contributed by atoms with E-state index in [9.17, 15) is 4.79 Å². The van der Waals surface area contributed by atoms with E-state index in [0.717, 1.165) is 43.6 Å². The zero-order valence-corrected chi connectivity index (χ0v) is 10.5. The van der Waals surface area contributed by atoms with Crippen molar-refractivity contribution in [3.05, 3.63) is 18.2 Å². The van der Waals surface area contributed by atoms with E-state index in [1.54, 1.807) is 0 Å². The first-order valence-electron chi connectivity index (χ1n) is 6.65. The van der Waals surface area contributed by atoms with Crippen LogP contribution in [-0.2, 0) is 4.79 Å². The molecule has 4 nitrogen and oxygen atoms in total. The Bertz CT molecular complexity index is 478. The molecule has 1 heterocycles. The molecular formula is C14H19N3O. The van der Waals surface area contributed by atoms with Gasteiger partial charge in [-0.25, -0.2) is 0 Å². The summed E-state index contributed by atoms with van der Waals surface area (Å²) in [6, 6.07) is 5.62. The molecule has 1 aromatic rings. The Morgan fingerprint density at radius 1 is 1.11 bits per heavy atom. The Balaban J connectivity index is 1.92. The highest BCUT2D eigenvalue weighted by atomic mass is 16.2. The molecular weight excluding hydrogens is 226 g/mol. The van der Waals surface area contributed by atoms with Gasteiger partial charge in [0.05, 0.1) is 16.8 Å². The van der Waals surface area contributed by atoms with Crippen LogP contribution in [0, 0.1) is 5.41 Å². The van der Waals surface area contributed by atoms with Crippen molar-refractivity contribution in [1.82, 2.24) is 0 Å². The fourth-order valence-electron chi connectivity index (χ4n) is 3.05. The van der Waals surface area contributed by atoms with Gasteiger partial charge in [0.25, 0.3) is 0 Å². The quantitative estimate of drug-likeness (QED) is 0.615. The van der Waals surface area contributed by atoms with Gasteiger partial charge in [-0.15, -0.1) is 0 Å². The highest BCUT2D eigenvalue weighted by molar-refractivity contribution is 6.00. The number of anilines is 3. The number of hydrogen-bond donors (Lipinski definition) is 3. The molecule has 4 heteroatoms. The lowest BCUT2D eigenvalue weighted by Crippen LogP contribution is -2.41. The van der Waals surface area contributed by atoms with E-state index in [0.29, 0.717) is 5.69 Å². The third kappa shape index (κ3) is 1.82. The van der Waals surface area contributed by atoms with Gasteiger partial charge in [0.2, 0.25) is 5.91 Å². The van der Waals surface area contributed by atoms with Crippen LogP contribution in [0.4, 0.5) is 17.1 Å². The lowest BCUT2D eigenvalue weighted by atomic mass is 9.73. The first-order chi connectivity index (χ1) is 8.70. The summed E-state index contributed by atoms with van der Waals surface area (Å²) in [5.41, 5.74) is 8.00. The van der Waals surface area contributed by atoms with Crippen LogP contribution >= 0.6 is 0 Å². The number of nitrogens with one attached hydrogen (secondary N) is 2. The third-order valence-corrected chi connectivity index (χ3v) is 4.20. The highest BCUT2D eigenvalue weighted by Crippen LogP contribution is 2.40. The monoisotopic (exact) mass is 245 g/mol. The van der Waals surface area contributed by atoms with Gasteiger partial charge < -0.3 is 16.4 Å².